The maximum atomic E-state index is 13.5. The molecule has 2 aliphatic heterocycles. The van der Waals surface area contributed by atoms with E-state index in [0.717, 1.165) is 24.3 Å². The average molecular weight is 596 g/mol. The fourth-order valence-corrected chi connectivity index (χ4v) is 4.61. The van der Waals surface area contributed by atoms with Gasteiger partial charge in [0.2, 0.25) is 17.5 Å². The fourth-order valence-electron chi connectivity index (χ4n) is 4.61. The Labute approximate surface area is 235 Å². The number of aliphatic hydroxyl groups excluding tert-OH is 6. The van der Waals surface area contributed by atoms with Crippen LogP contribution < -0.4 is 10.2 Å². The second-order valence-electron chi connectivity index (χ2n) is 9.85. The van der Waals surface area contributed by atoms with Gasteiger partial charge in [-0.05, 0) is 18.2 Å². The molecule has 2 aliphatic rings. The molecular weight excluding hydrogens is 568 g/mol. The van der Waals surface area contributed by atoms with Crippen LogP contribution in [0.1, 0.15) is 0 Å². The van der Waals surface area contributed by atoms with Gasteiger partial charge in [0.25, 0.3) is 0 Å². The number of hydrogen-bond donors (Lipinski definition) is 10. The van der Waals surface area contributed by atoms with Gasteiger partial charge in [0.1, 0.15) is 65.2 Å². The molecule has 228 valence electrons. The molecule has 5 rings (SSSR count). The lowest BCUT2D eigenvalue weighted by Crippen LogP contribution is -2.61. The van der Waals surface area contributed by atoms with E-state index in [1.165, 1.54) is 6.07 Å². The van der Waals surface area contributed by atoms with Gasteiger partial charge in [-0.15, -0.1) is 0 Å². The number of hydrogen-bond acceptors (Lipinski definition) is 16. The molecule has 0 bridgehead atoms. The van der Waals surface area contributed by atoms with Gasteiger partial charge < -0.3 is 74.4 Å². The lowest BCUT2D eigenvalue weighted by molar-refractivity contribution is -0.307. The zero-order chi connectivity index (χ0) is 30.5. The van der Waals surface area contributed by atoms with Crippen LogP contribution in [0.2, 0.25) is 0 Å². The maximum Gasteiger partial charge on any atom is 0.239 e. The third-order valence-corrected chi connectivity index (χ3v) is 6.94. The van der Waals surface area contributed by atoms with Crippen molar-refractivity contribution in [3.05, 3.63) is 40.6 Å². The molecule has 3 heterocycles. The van der Waals surface area contributed by atoms with Crippen LogP contribution in [0.4, 0.5) is 0 Å². The zero-order valence-corrected chi connectivity index (χ0v) is 21.4. The van der Waals surface area contributed by atoms with Crippen molar-refractivity contribution in [1.82, 2.24) is 0 Å². The van der Waals surface area contributed by atoms with Crippen LogP contribution in [-0.4, -0.2) is 120 Å². The molecule has 42 heavy (non-hydrogen) atoms. The number of rotatable bonds is 6. The minimum absolute atomic E-state index is 0.0305. The van der Waals surface area contributed by atoms with Crippen LogP contribution in [-0.2, 0) is 14.2 Å². The molecule has 3 aromatic rings. The molecule has 0 radical (unpaired) electrons. The molecule has 16 nitrogen and oxygen atoms in total. The monoisotopic (exact) mass is 596 g/mol. The molecule has 0 saturated carbocycles. The molecule has 2 saturated heterocycles. The summed E-state index contributed by atoms with van der Waals surface area (Å²) in [6, 6.07) is 5.23. The second-order valence-corrected chi connectivity index (χ2v) is 9.85. The Morgan fingerprint density at radius 2 is 1.50 bits per heavy atom. The van der Waals surface area contributed by atoms with E-state index in [0.29, 0.717) is 0 Å². The molecule has 0 aliphatic carbocycles. The van der Waals surface area contributed by atoms with E-state index < -0.39 is 107 Å². The van der Waals surface area contributed by atoms with Crippen LogP contribution in [0.5, 0.6) is 28.7 Å². The molecule has 9 atom stereocenters. The Hall–Kier alpha value is -3.71. The van der Waals surface area contributed by atoms with Crippen molar-refractivity contribution in [2.24, 2.45) is 0 Å². The van der Waals surface area contributed by atoms with Crippen LogP contribution in [0.15, 0.2) is 39.5 Å². The van der Waals surface area contributed by atoms with Gasteiger partial charge in [-0.25, -0.2) is 0 Å². The molecule has 1 aromatic heterocycles. The summed E-state index contributed by atoms with van der Waals surface area (Å²) in [5, 5.41) is 101. The summed E-state index contributed by atoms with van der Waals surface area (Å²) in [5.74, 6) is -3.33. The summed E-state index contributed by atoms with van der Waals surface area (Å²) in [5.41, 5.74) is -1.35. The molecular formula is C26H28O16. The first-order valence-electron chi connectivity index (χ1n) is 12.6. The first kappa shape index (κ1) is 29.8. The number of benzene rings is 2. The van der Waals surface area contributed by atoms with Gasteiger partial charge in [-0.2, -0.15) is 0 Å². The van der Waals surface area contributed by atoms with Gasteiger partial charge in [0, 0.05) is 17.7 Å². The Balaban J connectivity index is 1.48. The summed E-state index contributed by atoms with van der Waals surface area (Å²) in [4.78, 5) is 13.5. The van der Waals surface area contributed by atoms with Gasteiger partial charge >= 0.3 is 0 Å². The van der Waals surface area contributed by atoms with Gasteiger partial charge in [0.15, 0.2) is 23.5 Å². The van der Waals surface area contributed by atoms with Crippen LogP contribution >= 0.6 is 0 Å². The van der Waals surface area contributed by atoms with Crippen molar-refractivity contribution in [3.63, 3.8) is 0 Å². The molecule has 2 aromatic carbocycles. The summed E-state index contributed by atoms with van der Waals surface area (Å²) in [6.45, 7) is -0.970. The summed E-state index contributed by atoms with van der Waals surface area (Å²) < 4.78 is 27.5. The topological polar surface area (TPSA) is 269 Å². The lowest BCUT2D eigenvalue weighted by Gasteiger charge is -2.41. The first-order valence-corrected chi connectivity index (χ1v) is 12.6. The lowest BCUT2D eigenvalue weighted by atomic mass is 9.99. The van der Waals surface area contributed by atoms with Crippen molar-refractivity contribution in [1.29, 1.82) is 0 Å². The number of aromatic hydroxyl groups is 4. The van der Waals surface area contributed by atoms with E-state index in [4.69, 9.17) is 23.4 Å². The fraction of sp³-hybridized carbons (Fsp3) is 0.423. The normalized spacial score (nSPS) is 31.7. The zero-order valence-electron chi connectivity index (χ0n) is 21.4. The minimum atomic E-state index is -1.96. The Morgan fingerprint density at radius 3 is 2.21 bits per heavy atom. The Bertz CT molecular complexity index is 1510. The third-order valence-electron chi connectivity index (χ3n) is 6.94. The van der Waals surface area contributed by atoms with E-state index >= 15 is 0 Å². The quantitative estimate of drug-likeness (QED) is 0.137. The predicted molar refractivity (Wildman–Crippen MR) is 136 cm³/mol. The van der Waals surface area contributed by atoms with Gasteiger partial charge in [-0.1, -0.05) is 0 Å². The highest BCUT2D eigenvalue weighted by molar-refractivity contribution is 5.88. The highest BCUT2D eigenvalue weighted by atomic mass is 16.7. The molecule has 0 amide bonds. The van der Waals surface area contributed by atoms with Crippen molar-refractivity contribution >= 4 is 11.0 Å². The molecule has 16 heteroatoms. The Kier molecular flexibility index (Phi) is 8.17. The summed E-state index contributed by atoms with van der Waals surface area (Å²) in [6.07, 6.45) is -15.1. The molecule has 0 spiro atoms. The third kappa shape index (κ3) is 5.42. The second kappa shape index (κ2) is 11.5. The standard InChI is InChI=1S/C26H28O16/c27-9-4-12(30)16-14(5-9)40-23(8-1-2-10(28)11(29)3-8)24(19(16)34)42-26-22(37)20(35)18(33)15(41-26)7-39-25-21(36)17(32)13(31)6-38-25/h1-5,13,15,17-18,20-22,25-33,35-37H,6-7H2/t13-,15-,17-,18-,20+,21+,22-,25?,26?/m1/s1. The highest BCUT2D eigenvalue weighted by Crippen LogP contribution is 2.39. The smallest absolute Gasteiger partial charge is 0.239 e. The predicted octanol–water partition coefficient (Wildman–Crippen LogP) is -2.08. The SMILES string of the molecule is O=c1c(OC2O[C@H](COC3OC[C@@H](O)[C@@H](O)[C@@H]3O)[C@@H](O)[C@H](O)[C@H]2O)c(-c2ccc(O)c(O)c2)oc2cc(O)cc(O)c12. The summed E-state index contributed by atoms with van der Waals surface area (Å²) in [7, 11) is 0. The Morgan fingerprint density at radius 1 is 0.786 bits per heavy atom. The number of phenols is 4. The molecule has 10 N–H and O–H groups in total. The van der Waals surface area contributed by atoms with Gasteiger partial charge in [0.05, 0.1) is 13.2 Å². The first-order chi connectivity index (χ1) is 19.9. The van der Waals surface area contributed by atoms with E-state index in [-0.39, 0.29) is 17.8 Å². The number of fused-ring (bicyclic) bond motifs is 1. The summed E-state index contributed by atoms with van der Waals surface area (Å²) >= 11 is 0. The van der Waals surface area contributed by atoms with E-state index in [1.807, 2.05) is 0 Å². The van der Waals surface area contributed by atoms with E-state index in [1.54, 1.807) is 0 Å². The van der Waals surface area contributed by atoms with Crippen molar-refractivity contribution < 1.29 is 74.4 Å². The van der Waals surface area contributed by atoms with Crippen LogP contribution in [0, 0.1) is 0 Å². The van der Waals surface area contributed by atoms with Crippen molar-refractivity contribution in [3.8, 4) is 40.1 Å². The maximum absolute atomic E-state index is 13.5. The molecule has 2 unspecified atom stereocenters. The van der Waals surface area contributed by atoms with Crippen LogP contribution in [0.3, 0.4) is 0 Å². The number of aliphatic hydroxyl groups is 6. The number of ether oxygens (including phenoxy) is 4. The van der Waals surface area contributed by atoms with Crippen molar-refractivity contribution in [2.45, 2.75) is 55.3 Å². The number of phenolic OH excluding ortho intramolecular Hbond substituents is 4. The van der Waals surface area contributed by atoms with Gasteiger partial charge in [-0.3, -0.25) is 4.79 Å². The largest absolute Gasteiger partial charge is 0.508 e. The van der Waals surface area contributed by atoms with Crippen molar-refractivity contribution in [2.75, 3.05) is 13.2 Å². The highest BCUT2D eigenvalue weighted by Gasteiger charge is 2.47. The van der Waals surface area contributed by atoms with E-state index in [2.05, 4.69) is 0 Å². The average Bonchev–Trinajstić information content (AvgIpc) is 2.94. The van der Waals surface area contributed by atoms with Crippen LogP contribution in [0.25, 0.3) is 22.3 Å². The van der Waals surface area contributed by atoms with E-state index in [9.17, 15) is 55.9 Å². The minimum Gasteiger partial charge on any atom is -0.508 e. The molecule has 2 fully saturated rings.